The van der Waals surface area contributed by atoms with Crippen molar-refractivity contribution in [3.8, 4) is 0 Å². The van der Waals surface area contributed by atoms with Crippen LogP contribution in [0.15, 0.2) is 43.5 Å². The van der Waals surface area contributed by atoms with Gasteiger partial charge in [-0.15, -0.1) is 13.2 Å². The fourth-order valence-electron chi connectivity index (χ4n) is 6.92. The molecule has 1 spiro atoms. The van der Waals surface area contributed by atoms with E-state index in [1.165, 1.54) is 0 Å². The van der Waals surface area contributed by atoms with Crippen molar-refractivity contribution >= 4 is 23.4 Å². The maximum Gasteiger partial charge on any atom is 0.253 e. The Morgan fingerprint density at radius 1 is 1.18 bits per heavy atom. The third kappa shape index (κ3) is 4.47. The van der Waals surface area contributed by atoms with Crippen LogP contribution in [-0.4, -0.2) is 83.2 Å². The van der Waals surface area contributed by atoms with Crippen molar-refractivity contribution in [2.75, 3.05) is 37.7 Å². The molecule has 1 N–H and O–H groups in total. The van der Waals surface area contributed by atoms with Crippen molar-refractivity contribution in [1.82, 2.24) is 9.80 Å². The van der Waals surface area contributed by atoms with Gasteiger partial charge < -0.3 is 24.5 Å². The summed E-state index contributed by atoms with van der Waals surface area (Å²) in [6, 6.07) is 5.00. The summed E-state index contributed by atoms with van der Waals surface area (Å²) in [5.74, 6) is -1.93. The van der Waals surface area contributed by atoms with E-state index in [0.29, 0.717) is 32.4 Å². The summed E-state index contributed by atoms with van der Waals surface area (Å²) in [5.41, 5.74) is 1.62. The van der Waals surface area contributed by atoms with E-state index < -0.39 is 29.6 Å². The molecule has 3 saturated heterocycles. The molecule has 5 atom stereocenters. The average molecular weight is 524 g/mol. The SMILES string of the molecule is C=CCN(CCC)C(=O)[C@@H]1[C@@H]2CCC3(O2)C(C(=O)N(CC=C)c2c(C)cccc2C)N(CCCO)C(=O)[C@H]13. The van der Waals surface area contributed by atoms with Crippen LogP contribution >= 0.6 is 0 Å². The highest BCUT2D eigenvalue weighted by Gasteiger charge is 2.74. The number of para-hydroxylation sites is 1. The lowest BCUT2D eigenvalue weighted by Gasteiger charge is -2.37. The van der Waals surface area contributed by atoms with Gasteiger partial charge in [-0.2, -0.15) is 0 Å². The Hall–Kier alpha value is -2.97. The minimum Gasteiger partial charge on any atom is -0.396 e. The molecule has 0 aliphatic carbocycles. The number of aliphatic hydroxyl groups excluding tert-OH is 1. The van der Waals surface area contributed by atoms with Gasteiger partial charge in [-0.25, -0.2) is 0 Å². The summed E-state index contributed by atoms with van der Waals surface area (Å²) in [5, 5.41) is 9.60. The van der Waals surface area contributed by atoms with Crippen LogP contribution in [0.4, 0.5) is 5.69 Å². The van der Waals surface area contributed by atoms with Crippen LogP contribution in [0.3, 0.4) is 0 Å². The van der Waals surface area contributed by atoms with Gasteiger partial charge in [-0.1, -0.05) is 37.3 Å². The van der Waals surface area contributed by atoms with Gasteiger partial charge in [-0.3, -0.25) is 14.4 Å². The smallest absolute Gasteiger partial charge is 0.253 e. The molecule has 1 aromatic rings. The van der Waals surface area contributed by atoms with Crippen LogP contribution in [0, 0.1) is 25.7 Å². The molecule has 1 aromatic carbocycles. The molecule has 3 heterocycles. The summed E-state index contributed by atoms with van der Waals surface area (Å²) in [6.07, 6.45) is 5.27. The number of hydrogen-bond donors (Lipinski definition) is 1. The Morgan fingerprint density at radius 2 is 1.87 bits per heavy atom. The maximum absolute atomic E-state index is 14.5. The molecule has 3 fully saturated rings. The topological polar surface area (TPSA) is 90.4 Å². The standard InChI is InChI=1S/C30H41N3O5/c1-6-15-31(16-7-2)27(35)23-22-13-14-30(38-22)24(23)28(36)33(18-10-19-34)26(30)29(37)32(17-8-3)25-20(4)11-9-12-21(25)5/h6,8-9,11-12,22-24,26,34H,1,3,7,10,13-19H2,2,4-5H3/t22-,23+,24-,26?,30?/m0/s1. The quantitative estimate of drug-likeness (QED) is 0.426. The lowest BCUT2D eigenvalue weighted by molar-refractivity contribution is -0.145. The number of carbonyl (C=O) groups excluding carboxylic acids is 3. The number of nitrogens with zero attached hydrogens (tertiary/aromatic N) is 3. The van der Waals surface area contributed by atoms with E-state index in [1.54, 1.807) is 26.9 Å². The summed E-state index contributed by atoms with van der Waals surface area (Å²) in [7, 11) is 0. The molecule has 3 aliphatic heterocycles. The second kappa shape index (κ2) is 11.4. The van der Waals surface area contributed by atoms with Crippen molar-refractivity contribution in [1.29, 1.82) is 0 Å². The first kappa shape index (κ1) is 28.0. The summed E-state index contributed by atoms with van der Waals surface area (Å²) in [4.78, 5) is 47.5. The Balaban J connectivity index is 1.78. The second-order valence-electron chi connectivity index (χ2n) is 10.7. The van der Waals surface area contributed by atoms with Crippen LogP contribution in [0.2, 0.25) is 0 Å². The van der Waals surface area contributed by atoms with E-state index in [0.717, 1.165) is 23.2 Å². The molecule has 3 aliphatic rings. The van der Waals surface area contributed by atoms with Gasteiger partial charge in [-0.05, 0) is 50.7 Å². The van der Waals surface area contributed by atoms with Gasteiger partial charge >= 0.3 is 0 Å². The van der Waals surface area contributed by atoms with E-state index in [-0.39, 0.29) is 37.4 Å². The lowest BCUT2D eigenvalue weighted by atomic mass is 9.70. The van der Waals surface area contributed by atoms with Crippen molar-refractivity contribution in [2.24, 2.45) is 11.8 Å². The number of anilines is 1. The molecule has 8 nitrogen and oxygen atoms in total. The summed E-state index contributed by atoms with van der Waals surface area (Å²) < 4.78 is 6.59. The minimum atomic E-state index is -1.07. The fraction of sp³-hybridized carbons (Fsp3) is 0.567. The predicted octanol–water partition coefficient (Wildman–Crippen LogP) is 3.00. The lowest BCUT2D eigenvalue weighted by Crippen LogP contribution is -2.57. The highest BCUT2D eigenvalue weighted by molar-refractivity contribution is 6.05. The Labute approximate surface area is 225 Å². The third-order valence-corrected chi connectivity index (χ3v) is 8.32. The number of likely N-dealkylation sites (tertiary alicyclic amines) is 1. The van der Waals surface area contributed by atoms with Crippen LogP contribution in [0.25, 0.3) is 0 Å². The Kier molecular flexibility index (Phi) is 8.43. The molecule has 2 bridgehead atoms. The predicted molar refractivity (Wildman–Crippen MR) is 147 cm³/mol. The van der Waals surface area contributed by atoms with Crippen LogP contribution in [0.1, 0.15) is 43.7 Å². The van der Waals surface area contributed by atoms with Crippen molar-refractivity contribution in [3.05, 3.63) is 54.6 Å². The number of fused-ring (bicyclic) bond motifs is 1. The Bertz CT molecular complexity index is 1080. The molecular formula is C30H41N3O5. The van der Waals surface area contributed by atoms with E-state index >= 15 is 0 Å². The molecule has 0 saturated carbocycles. The first-order chi connectivity index (χ1) is 18.3. The maximum atomic E-state index is 14.5. The van der Waals surface area contributed by atoms with Crippen molar-refractivity contribution in [2.45, 2.75) is 64.2 Å². The number of rotatable bonds is 12. The number of benzene rings is 1. The van der Waals surface area contributed by atoms with Gasteiger partial charge in [0.25, 0.3) is 5.91 Å². The molecule has 8 heteroatoms. The van der Waals surface area contributed by atoms with E-state index in [2.05, 4.69) is 13.2 Å². The largest absolute Gasteiger partial charge is 0.396 e. The zero-order valence-corrected chi connectivity index (χ0v) is 22.9. The normalized spacial score (nSPS) is 27.4. The van der Waals surface area contributed by atoms with E-state index in [4.69, 9.17) is 4.74 Å². The van der Waals surface area contributed by atoms with Gasteiger partial charge in [0.1, 0.15) is 11.6 Å². The van der Waals surface area contributed by atoms with E-state index in [1.807, 2.05) is 39.0 Å². The van der Waals surface area contributed by atoms with Gasteiger partial charge in [0.15, 0.2) is 0 Å². The fourth-order valence-corrected chi connectivity index (χ4v) is 6.92. The zero-order valence-electron chi connectivity index (χ0n) is 22.9. The number of aliphatic hydroxyl groups is 1. The van der Waals surface area contributed by atoms with Gasteiger partial charge in [0.05, 0.1) is 17.9 Å². The van der Waals surface area contributed by atoms with Crippen molar-refractivity contribution < 1.29 is 24.2 Å². The molecule has 4 rings (SSSR count). The number of ether oxygens (including phenoxy) is 1. The molecule has 3 amide bonds. The minimum absolute atomic E-state index is 0.106. The van der Waals surface area contributed by atoms with Gasteiger partial charge in [0, 0.05) is 38.5 Å². The molecule has 0 aromatic heterocycles. The van der Waals surface area contributed by atoms with Crippen LogP contribution in [-0.2, 0) is 19.1 Å². The van der Waals surface area contributed by atoms with E-state index in [9.17, 15) is 19.5 Å². The number of hydrogen-bond acceptors (Lipinski definition) is 5. The summed E-state index contributed by atoms with van der Waals surface area (Å²) >= 11 is 0. The molecule has 2 unspecified atom stereocenters. The van der Waals surface area contributed by atoms with Gasteiger partial charge in [0.2, 0.25) is 11.8 Å². The average Bonchev–Trinajstić information content (AvgIpc) is 3.53. The third-order valence-electron chi connectivity index (χ3n) is 8.32. The number of amides is 3. The van der Waals surface area contributed by atoms with Crippen molar-refractivity contribution in [3.63, 3.8) is 0 Å². The molecule has 38 heavy (non-hydrogen) atoms. The molecule has 206 valence electrons. The van der Waals surface area contributed by atoms with Crippen LogP contribution in [0.5, 0.6) is 0 Å². The first-order valence-electron chi connectivity index (χ1n) is 13.7. The number of aryl methyl sites for hydroxylation is 2. The van der Waals surface area contributed by atoms with Crippen LogP contribution < -0.4 is 4.90 Å². The monoisotopic (exact) mass is 523 g/mol. The highest BCUT2D eigenvalue weighted by atomic mass is 16.5. The Morgan fingerprint density at radius 3 is 2.47 bits per heavy atom. The zero-order chi connectivity index (χ0) is 27.6. The number of carbonyl (C=O) groups is 3. The second-order valence-corrected chi connectivity index (χ2v) is 10.7. The summed E-state index contributed by atoms with van der Waals surface area (Å²) in [6.45, 7) is 15.0. The first-order valence-corrected chi connectivity index (χ1v) is 13.7. The molecular weight excluding hydrogens is 482 g/mol. The molecule has 0 radical (unpaired) electrons. The highest BCUT2D eigenvalue weighted by Crippen LogP contribution is 2.59.